The maximum atomic E-state index is 12.5. The zero-order valence-electron chi connectivity index (χ0n) is 13.7. The predicted molar refractivity (Wildman–Crippen MR) is 90.4 cm³/mol. The molecule has 122 valence electrons. The molecule has 0 spiro atoms. The molecule has 1 fully saturated rings. The largest absolute Gasteiger partial charge is 0.346 e. The maximum Gasteiger partial charge on any atom is 0.224 e. The lowest BCUT2D eigenvalue weighted by Crippen LogP contribution is -2.29. The molecule has 0 saturated heterocycles. The topological polar surface area (TPSA) is 68.0 Å². The Labute approximate surface area is 140 Å². The quantitative estimate of drug-likeness (QED) is 0.798. The Morgan fingerprint density at radius 3 is 2.83 bits per heavy atom. The molecule has 5 nitrogen and oxygen atoms in total. The van der Waals surface area contributed by atoms with Gasteiger partial charge in [-0.2, -0.15) is 4.98 Å². The number of aromatic nitrogens is 2. The Hall–Kier alpha value is -2.69. The molecule has 1 amide bonds. The summed E-state index contributed by atoms with van der Waals surface area (Å²) >= 11 is 0. The zero-order valence-corrected chi connectivity index (χ0v) is 13.7. The summed E-state index contributed by atoms with van der Waals surface area (Å²) in [6.07, 6.45) is 0.887. The first kappa shape index (κ1) is 14.9. The molecule has 24 heavy (non-hydrogen) atoms. The van der Waals surface area contributed by atoms with Crippen molar-refractivity contribution in [3.8, 4) is 0 Å². The van der Waals surface area contributed by atoms with Crippen LogP contribution in [0, 0.1) is 12.8 Å². The fourth-order valence-electron chi connectivity index (χ4n) is 3.28. The molecule has 0 unspecified atom stereocenters. The van der Waals surface area contributed by atoms with Crippen LogP contribution in [0.2, 0.25) is 0 Å². The molecule has 1 aliphatic rings. The number of amides is 1. The second kappa shape index (κ2) is 5.74. The molecule has 1 aromatic heterocycles. The minimum absolute atomic E-state index is 0.0197. The minimum atomic E-state index is -0.247. The van der Waals surface area contributed by atoms with E-state index in [1.54, 1.807) is 6.92 Å². The van der Waals surface area contributed by atoms with Crippen LogP contribution in [0.4, 0.5) is 0 Å². The van der Waals surface area contributed by atoms with Crippen molar-refractivity contribution in [2.24, 2.45) is 5.92 Å². The van der Waals surface area contributed by atoms with Crippen molar-refractivity contribution < 1.29 is 9.32 Å². The number of rotatable bonds is 4. The predicted octanol–water partition coefficient (Wildman–Crippen LogP) is 3.51. The number of hydrogen-bond donors (Lipinski definition) is 1. The molecule has 1 aliphatic carbocycles. The van der Waals surface area contributed by atoms with Crippen LogP contribution in [0.3, 0.4) is 0 Å². The number of nitrogens with zero attached hydrogens (tertiary/aromatic N) is 2. The highest BCUT2D eigenvalue weighted by molar-refractivity contribution is 5.89. The van der Waals surface area contributed by atoms with Crippen molar-refractivity contribution in [2.75, 3.05) is 0 Å². The highest BCUT2D eigenvalue weighted by Crippen LogP contribution is 2.49. The van der Waals surface area contributed by atoms with E-state index < -0.39 is 0 Å². The summed E-state index contributed by atoms with van der Waals surface area (Å²) in [5, 5.41) is 9.32. The first-order chi connectivity index (χ1) is 11.6. The third-order valence-electron chi connectivity index (χ3n) is 4.64. The molecule has 1 heterocycles. The van der Waals surface area contributed by atoms with E-state index in [1.165, 1.54) is 16.3 Å². The summed E-state index contributed by atoms with van der Waals surface area (Å²) in [5.41, 5.74) is 1.26. The lowest BCUT2D eigenvalue weighted by atomic mass is 10.00. The van der Waals surface area contributed by atoms with E-state index in [1.807, 2.05) is 19.1 Å². The van der Waals surface area contributed by atoms with E-state index in [0.29, 0.717) is 11.7 Å². The normalized spacial score (nSPS) is 20.8. The summed E-state index contributed by atoms with van der Waals surface area (Å²) in [6.45, 7) is 3.61. The molecule has 0 aliphatic heterocycles. The number of benzene rings is 2. The van der Waals surface area contributed by atoms with Gasteiger partial charge in [0.25, 0.3) is 0 Å². The maximum absolute atomic E-state index is 12.5. The monoisotopic (exact) mass is 321 g/mol. The van der Waals surface area contributed by atoms with Gasteiger partial charge in [-0.3, -0.25) is 4.79 Å². The first-order valence-electron chi connectivity index (χ1n) is 8.21. The number of carbonyl (C=O) groups excluding carboxylic acids is 1. The molecule has 5 heteroatoms. The number of nitrogens with one attached hydrogen (secondary N) is 1. The van der Waals surface area contributed by atoms with Crippen molar-refractivity contribution in [2.45, 2.75) is 32.2 Å². The molecule has 0 bridgehead atoms. The van der Waals surface area contributed by atoms with E-state index in [2.05, 4.69) is 45.8 Å². The van der Waals surface area contributed by atoms with Crippen LogP contribution in [0.5, 0.6) is 0 Å². The van der Waals surface area contributed by atoms with Gasteiger partial charge in [-0.1, -0.05) is 47.6 Å². The number of aryl methyl sites for hydroxylation is 1. The molecule has 4 rings (SSSR count). The number of hydrogen-bond acceptors (Lipinski definition) is 4. The minimum Gasteiger partial charge on any atom is -0.346 e. The third kappa shape index (κ3) is 2.66. The summed E-state index contributed by atoms with van der Waals surface area (Å²) in [6, 6.07) is 14.4. The average molecular weight is 321 g/mol. The molecule has 1 saturated carbocycles. The van der Waals surface area contributed by atoms with Crippen LogP contribution in [-0.2, 0) is 4.79 Å². The van der Waals surface area contributed by atoms with Crippen molar-refractivity contribution in [3.63, 3.8) is 0 Å². The average Bonchev–Trinajstić information content (AvgIpc) is 3.27. The third-order valence-corrected chi connectivity index (χ3v) is 4.64. The summed E-state index contributed by atoms with van der Waals surface area (Å²) in [4.78, 5) is 16.7. The van der Waals surface area contributed by atoms with Crippen LogP contribution in [0.1, 0.15) is 42.6 Å². The first-order valence-corrected chi connectivity index (χ1v) is 8.21. The second-order valence-electron chi connectivity index (χ2n) is 6.42. The molecule has 0 radical (unpaired) electrons. The standard InChI is InChI=1S/C19H19N3O2/c1-11(18-21-12(2)24-22-18)20-19(23)17-10-16(17)15-9-5-7-13-6-3-4-8-14(13)15/h3-9,11,16-17H,10H2,1-2H3,(H,20,23)/t11-,16+,17-/m0/s1. The molecular weight excluding hydrogens is 302 g/mol. The van der Waals surface area contributed by atoms with Crippen LogP contribution in [-0.4, -0.2) is 16.0 Å². The highest BCUT2D eigenvalue weighted by Gasteiger charge is 2.45. The fourth-order valence-corrected chi connectivity index (χ4v) is 3.28. The number of carbonyl (C=O) groups is 1. The van der Waals surface area contributed by atoms with Gasteiger partial charge in [-0.05, 0) is 35.6 Å². The van der Waals surface area contributed by atoms with E-state index in [9.17, 15) is 4.79 Å². The molecule has 2 aromatic carbocycles. The lowest BCUT2D eigenvalue weighted by Gasteiger charge is -2.10. The summed E-state index contributed by atoms with van der Waals surface area (Å²) in [5.74, 6) is 1.39. The zero-order chi connectivity index (χ0) is 16.7. The van der Waals surface area contributed by atoms with Gasteiger partial charge in [0.2, 0.25) is 11.8 Å². The Bertz CT molecular complexity index is 897. The number of fused-ring (bicyclic) bond motifs is 1. The van der Waals surface area contributed by atoms with Crippen molar-refractivity contribution in [1.29, 1.82) is 0 Å². The van der Waals surface area contributed by atoms with E-state index in [-0.39, 0.29) is 23.8 Å². The van der Waals surface area contributed by atoms with Gasteiger partial charge in [0.15, 0.2) is 5.82 Å². The van der Waals surface area contributed by atoms with Crippen LogP contribution in [0.15, 0.2) is 47.0 Å². The van der Waals surface area contributed by atoms with E-state index >= 15 is 0 Å². The van der Waals surface area contributed by atoms with Crippen LogP contribution < -0.4 is 5.32 Å². The molecule has 3 atom stereocenters. The SMILES string of the molecule is Cc1nc([C@H](C)NC(=O)[C@H]2C[C@@H]2c2cccc3ccccc23)no1. The highest BCUT2D eigenvalue weighted by atomic mass is 16.5. The lowest BCUT2D eigenvalue weighted by molar-refractivity contribution is -0.123. The van der Waals surface area contributed by atoms with Crippen molar-refractivity contribution in [1.82, 2.24) is 15.5 Å². The van der Waals surface area contributed by atoms with Crippen molar-refractivity contribution >= 4 is 16.7 Å². The molecule has 3 aromatic rings. The van der Waals surface area contributed by atoms with Gasteiger partial charge in [-0.15, -0.1) is 0 Å². The van der Waals surface area contributed by atoms with E-state index in [4.69, 9.17) is 4.52 Å². The summed E-state index contributed by atoms with van der Waals surface area (Å²) < 4.78 is 4.97. The van der Waals surface area contributed by atoms with Gasteiger partial charge in [0, 0.05) is 12.8 Å². The Morgan fingerprint density at radius 2 is 2.04 bits per heavy atom. The summed E-state index contributed by atoms with van der Waals surface area (Å²) in [7, 11) is 0. The Balaban J connectivity index is 1.48. The van der Waals surface area contributed by atoms with Crippen LogP contribution in [0.25, 0.3) is 10.8 Å². The van der Waals surface area contributed by atoms with Crippen molar-refractivity contribution in [3.05, 3.63) is 59.7 Å². The molecular formula is C19H19N3O2. The smallest absolute Gasteiger partial charge is 0.224 e. The van der Waals surface area contributed by atoms with Gasteiger partial charge in [0.05, 0.1) is 6.04 Å². The van der Waals surface area contributed by atoms with E-state index in [0.717, 1.165) is 6.42 Å². The molecule has 1 N–H and O–H groups in total. The fraction of sp³-hybridized carbons (Fsp3) is 0.316. The Morgan fingerprint density at radius 1 is 1.25 bits per heavy atom. The van der Waals surface area contributed by atoms with Gasteiger partial charge in [-0.25, -0.2) is 0 Å². The Kier molecular flexibility index (Phi) is 3.56. The second-order valence-corrected chi connectivity index (χ2v) is 6.42. The van der Waals surface area contributed by atoms with Gasteiger partial charge < -0.3 is 9.84 Å². The van der Waals surface area contributed by atoms with Gasteiger partial charge in [0.1, 0.15) is 0 Å². The van der Waals surface area contributed by atoms with Crippen LogP contribution >= 0.6 is 0 Å². The van der Waals surface area contributed by atoms with Gasteiger partial charge >= 0.3 is 0 Å².